The molecule has 0 aliphatic heterocycles. The molecule has 3 N–H and O–H groups in total. The van der Waals surface area contributed by atoms with Crippen LogP contribution in [0.25, 0.3) is 0 Å². The Hall–Kier alpha value is -1.36. The Labute approximate surface area is 95.0 Å². The first kappa shape index (κ1) is 11.1. The van der Waals surface area contributed by atoms with Gasteiger partial charge in [0.25, 0.3) is 0 Å². The van der Waals surface area contributed by atoms with E-state index in [1.165, 1.54) is 12.8 Å². The minimum Gasteiger partial charge on any atom is -0.350 e. The lowest BCUT2D eigenvalue weighted by molar-refractivity contribution is -0.121. The molecular formula is C11H18N4O. The molecule has 0 saturated heterocycles. The topological polar surface area (TPSA) is 72.9 Å². The molecule has 1 heterocycles. The van der Waals surface area contributed by atoms with Gasteiger partial charge in [0, 0.05) is 25.7 Å². The fourth-order valence-electron chi connectivity index (χ4n) is 1.72. The highest BCUT2D eigenvalue weighted by molar-refractivity contribution is 5.76. The summed E-state index contributed by atoms with van der Waals surface area (Å²) >= 11 is 0. The fraction of sp³-hybridized carbons (Fsp3) is 0.636. The first-order valence-electron chi connectivity index (χ1n) is 5.66. The predicted octanol–water partition coefficient (Wildman–Crippen LogP) is 0.164. The average molecular weight is 222 g/mol. The molecule has 0 spiro atoms. The first-order chi connectivity index (χ1) is 7.65. The maximum absolute atomic E-state index is 11.5. The van der Waals surface area contributed by atoms with E-state index in [9.17, 15) is 4.79 Å². The molecule has 5 nitrogen and oxygen atoms in total. The van der Waals surface area contributed by atoms with Crippen molar-refractivity contribution in [1.82, 2.24) is 15.1 Å². The Morgan fingerprint density at radius 3 is 3.06 bits per heavy atom. The fourth-order valence-corrected chi connectivity index (χ4v) is 1.72. The van der Waals surface area contributed by atoms with Gasteiger partial charge in [0.15, 0.2) is 0 Å². The summed E-state index contributed by atoms with van der Waals surface area (Å²) in [5.74, 6) is 0.589. The highest BCUT2D eigenvalue weighted by atomic mass is 16.1. The van der Waals surface area contributed by atoms with Gasteiger partial charge in [-0.05, 0) is 24.8 Å². The molecule has 1 unspecified atom stereocenters. The van der Waals surface area contributed by atoms with E-state index in [0.29, 0.717) is 18.9 Å². The molecule has 1 fully saturated rings. The van der Waals surface area contributed by atoms with Crippen LogP contribution >= 0.6 is 0 Å². The molecule has 1 saturated carbocycles. The molecule has 88 valence electrons. The normalized spacial score (nSPS) is 17.1. The molecule has 2 rings (SSSR count). The third-order valence-electron chi connectivity index (χ3n) is 2.88. The first-order valence-corrected chi connectivity index (χ1v) is 5.66. The summed E-state index contributed by atoms with van der Waals surface area (Å²) in [4.78, 5) is 11.5. The lowest BCUT2D eigenvalue weighted by Crippen LogP contribution is -2.32. The van der Waals surface area contributed by atoms with Gasteiger partial charge in [-0.25, -0.2) is 0 Å². The van der Waals surface area contributed by atoms with Gasteiger partial charge in [0.1, 0.15) is 0 Å². The van der Waals surface area contributed by atoms with Gasteiger partial charge in [-0.15, -0.1) is 0 Å². The SMILES string of the molecule is Cn1ccc(CNC(=O)CC(N)C2CC2)n1. The van der Waals surface area contributed by atoms with Crippen LogP contribution in [0.3, 0.4) is 0 Å². The van der Waals surface area contributed by atoms with E-state index in [1.807, 2.05) is 19.3 Å². The maximum atomic E-state index is 11.5. The lowest BCUT2D eigenvalue weighted by Gasteiger charge is -2.09. The number of carbonyl (C=O) groups excluding carboxylic acids is 1. The smallest absolute Gasteiger partial charge is 0.221 e. The summed E-state index contributed by atoms with van der Waals surface area (Å²) in [7, 11) is 1.86. The molecule has 1 atom stereocenters. The van der Waals surface area contributed by atoms with Crippen molar-refractivity contribution in [3.05, 3.63) is 18.0 Å². The summed E-state index contributed by atoms with van der Waals surface area (Å²) in [6.45, 7) is 0.483. The molecule has 0 bridgehead atoms. The third-order valence-corrected chi connectivity index (χ3v) is 2.88. The largest absolute Gasteiger partial charge is 0.350 e. The number of nitrogens with zero attached hydrogens (tertiary/aromatic N) is 2. The second kappa shape index (κ2) is 4.65. The van der Waals surface area contributed by atoms with Gasteiger partial charge in [-0.2, -0.15) is 5.10 Å². The molecule has 1 aliphatic carbocycles. The van der Waals surface area contributed by atoms with Crippen LogP contribution in [0, 0.1) is 5.92 Å². The van der Waals surface area contributed by atoms with Crippen LogP contribution in [0.2, 0.25) is 0 Å². The summed E-state index contributed by atoms with van der Waals surface area (Å²) in [5, 5.41) is 7.01. The highest BCUT2D eigenvalue weighted by Crippen LogP contribution is 2.32. The Bertz CT molecular complexity index is 370. The number of rotatable bonds is 5. The number of hydrogen-bond acceptors (Lipinski definition) is 3. The van der Waals surface area contributed by atoms with Gasteiger partial charge in [-0.3, -0.25) is 9.48 Å². The Kier molecular flexibility index (Phi) is 3.24. The number of nitrogens with two attached hydrogens (primary N) is 1. The third kappa shape index (κ3) is 3.06. The van der Waals surface area contributed by atoms with E-state index >= 15 is 0 Å². The molecule has 1 aliphatic rings. The zero-order valence-corrected chi connectivity index (χ0v) is 9.52. The monoisotopic (exact) mass is 222 g/mol. The van der Waals surface area contributed by atoms with Crippen molar-refractivity contribution in [3.8, 4) is 0 Å². The van der Waals surface area contributed by atoms with Crippen molar-refractivity contribution in [2.75, 3.05) is 0 Å². The number of amides is 1. The van der Waals surface area contributed by atoms with Crippen molar-refractivity contribution >= 4 is 5.91 Å². The van der Waals surface area contributed by atoms with E-state index in [0.717, 1.165) is 5.69 Å². The summed E-state index contributed by atoms with van der Waals surface area (Å²) in [6.07, 6.45) is 4.64. The van der Waals surface area contributed by atoms with E-state index in [1.54, 1.807) is 4.68 Å². The second-order valence-corrected chi connectivity index (χ2v) is 4.46. The molecule has 16 heavy (non-hydrogen) atoms. The van der Waals surface area contributed by atoms with Gasteiger partial charge in [0.05, 0.1) is 12.2 Å². The van der Waals surface area contributed by atoms with Gasteiger partial charge >= 0.3 is 0 Å². The highest BCUT2D eigenvalue weighted by Gasteiger charge is 2.29. The van der Waals surface area contributed by atoms with E-state index < -0.39 is 0 Å². The van der Waals surface area contributed by atoms with Crippen LogP contribution in [-0.2, 0) is 18.4 Å². The molecule has 1 aromatic heterocycles. The number of nitrogens with one attached hydrogen (secondary N) is 1. The average Bonchev–Trinajstić information content (AvgIpc) is 3.00. The van der Waals surface area contributed by atoms with Crippen molar-refractivity contribution in [2.45, 2.75) is 31.8 Å². The second-order valence-electron chi connectivity index (χ2n) is 4.46. The van der Waals surface area contributed by atoms with Crippen LogP contribution in [0.1, 0.15) is 25.0 Å². The Balaban J connectivity index is 1.70. The standard InChI is InChI=1S/C11H18N4O/c1-15-5-4-9(14-15)7-13-11(16)6-10(12)8-2-3-8/h4-5,8,10H,2-3,6-7,12H2,1H3,(H,13,16). The lowest BCUT2D eigenvalue weighted by atomic mass is 10.1. The molecular weight excluding hydrogens is 204 g/mol. The minimum atomic E-state index is 0.0186. The minimum absolute atomic E-state index is 0.0186. The summed E-state index contributed by atoms with van der Waals surface area (Å²) in [6, 6.07) is 1.92. The quantitative estimate of drug-likeness (QED) is 0.745. The van der Waals surface area contributed by atoms with Gasteiger partial charge in [0.2, 0.25) is 5.91 Å². The van der Waals surface area contributed by atoms with Crippen molar-refractivity contribution in [2.24, 2.45) is 18.7 Å². The van der Waals surface area contributed by atoms with E-state index in [-0.39, 0.29) is 11.9 Å². The van der Waals surface area contributed by atoms with Crippen LogP contribution in [0.5, 0.6) is 0 Å². The molecule has 1 aromatic rings. The Morgan fingerprint density at radius 1 is 1.75 bits per heavy atom. The predicted molar refractivity (Wildman–Crippen MR) is 60.4 cm³/mol. The zero-order chi connectivity index (χ0) is 11.5. The van der Waals surface area contributed by atoms with Crippen molar-refractivity contribution in [1.29, 1.82) is 0 Å². The molecule has 0 radical (unpaired) electrons. The van der Waals surface area contributed by atoms with Crippen molar-refractivity contribution < 1.29 is 4.79 Å². The summed E-state index contributed by atoms with van der Waals surface area (Å²) in [5.41, 5.74) is 6.74. The number of hydrogen-bond donors (Lipinski definition) is 2. The zero-order valence-electron chi connectivity index (χ0n) is 9.52. The maximum Gasteiger partial charge on any atom is 0.221 e. The van der Waals surface area contributed by atoms with Crippen LogP contribution in [0.4, 0.5) is 0 Å². The number of aromatic nitrogens is 2. The van der Waals surface area contributed by atoms with Crippen LogP contribution < -0.4 is 11.1 Å². The van der Waals surface area contributed by atoms with Crippen molar-refractivity contribution in [3.63, 3.8) is 0 Å². The molecule has 5 heteroatoms. The molecule has 0 aromatic carbocycles. The van der Waals surface area contributed by atoms with Gasteiger partial charge in [-0.1, -0.05) is 0 Å². The molecule has 1 amide bonds. The van der Waals surface area contributed by atoms with E-state index in [2.05, 4.69) is 10.4 Å². The van der Waals surface area contributed by atoms with Crippen LogP contribution in [-0.4, -0.2) is 21.7 Å². The van der Waals surface area contributed by atoms with Gasteiger partial charge < -0.3 is 11.1 Å². The van der Waals surface area contributed by atoms with Crippen LogP contribution in [0.15, 0.2) is 12.3 Å². The summed E-state index contributed by atoms with van der Waals surface area (Å²) < 4.78 is 1.72. The Morgan fingerprint density at radius 2 is 2.50 bits per heavy atom. The van der Waals surface area contributed by atoms with E-state index in [4.69, 9.17) is 5.73 Å². The number of aryl methyl sites for hydroxylation is 1. The number of carbonyl (C=O) groups is 1.